The van der Waals surface area contributed by atoms with Crippen molar-refractivity contribution in [2.45, 2.75) is 64.5 Å². The Bertz CT molecular complexity index is 313. The number of aryl methyl sites for hydroxylation is 1. The van der Waals surface area contributed by atoms with Gasteiger partial charge in [0.15, 0.2) is 0 Å². The van der Waals surface area contributed by atoms with Gasteiger partial charge in [0.05, 0.1) is 6.04 Å². The van der Waals surface area contributed by atoms with E-state index in [1.807, 2.05) is 17.5 Å². The van der Waals surface area contributed by atoms with E-state index < -0.39 is 0 Å². The van der Waals surface area contributed by atoms with Crippen LogP contribution in [0.2, 0.25) is 0 Å². The van der Waals surface area contributed by atoms with Gasteiger partial charge in [-0.2, -0.15) is 0 Å². The van der Waals surface area contributed by atoms with E-state index in [4.69, 9.17) is 0 Å². The highest BCUT2D eigenvalue weighted by atomic mass is 32.1. The lowest BCUT2D eigenvalue weighted by atomic mass is 10.1. The van der Waals surface area contributed by atoms with Crippen LogP contribution in [0, 0.1) is 6.92 Å². The summed E-state index contributed by atoms with van der Waals surface area (Å²) in [6.07, 6.45) is 10.3. The van der Waals surface area contributed by atoms with Crippen molar-refractivity contribution in [2.24, 2.45) is 0 Å². The summed E-state index contributed by atoms with van der Waals surface area (Å²) < 4.78 is 0. The molecule has 1 aromatic heterocycles. The smallest absolute Gasteiger partial charge is 0.109 e. The fraction of sp³-hybridized carbons (Fsp3) is 0.769. The van der Waals surface area contributed by atoms with E-state index in [1.54, 1.807) is 0 Å². The summed E-state index contributed by atoms with van der Waals surface area (Å²) >= 11 is 1.82. The molecule has 0 radical (unpaired) electrons. The first kappa shape index (κ1) is 12.1. The Kier molecular flexibility index (Phi) is 4.36. The summed E-state index contributed by atoms with van der Waals surface area (Å²) in [5.41, 5.74) is 0. The van der Waals surface area contributed by atoms with Crippen LogP contribution in [0.15, 0.2) is 6.20 Å². The maximum Gasteiger partial charge on any atom is 0.109 e. The topological polar surface area (TPSA) is 24.9 Å². The first-order valence-electron chi connectivity index (χ1n) is 6.44. The number of rotatable bonds is 3. The Morgan fingerprint density at radius 3 is 2.56 bits per heavy atom. The van der Waals surface area contributed by atoms with Crippen molar-refractivity contribution in [3.05, 3.63) is 16.1 Å². The average Bonchev–Trinajstić information content (AvgIpc) is 2.54. The molecular formula is C13H22N2S. The van der Waals surface area contributed by atoms with Gasteiger partial charge in [-0.05, 0) is 26.7 Å². The van der Waals surface area contributed by atoms with Crippen LogP contribution in [0.1, 0.15) is 61.4 Å². The molecule has 1 heterocycles. The second kappa shape index (κ2) is 5.78. The first-order chi connectivity index (χ1) is 7.75. The Labute approximate surface area is 102 Å². The van der Waals surface area contributed by atoms with Gasteiger partial charge < -0.3 is 5.32 Å². The van der Waals surface area contributed by atoms with Gasteiger partial charge >= 0.3 is 0 Å². The summed E-state index contributed by atoms with van der Waals surface area (Å²) in [6.45, 7) is 4.36. The molecule has 1 unspecified atom stereocenters. The second-order valence-corrected chi connectivity index (χ2v) is 6.15. The van der Waals surface area contributed by atoms with Crippen molar-refractivity contribution in [1.82, 2.24) is 10.3 Å². The molecule has 0 aromatic carbocycles. The molecule has 90 valence electrons. The molecular weight excluding hydrogens is 216 g/mol. The molecule has 0 saturated heterocycles. The Morgan fingerprint density at radius 1 is 1.31 bits per heavy atom. The van der Waals surface area contributed by atoms with Crippen LogP contribution >= 0.6 is 11.3 Å². The van der Waals surface area contributed by atoms with Gasteiger partial charge in [-0.25, -0.2) is 4.98 Å². The minimum absolute atomic E-state index is 0.418. The molecule has 0 spiro atoms. The number of hydrogen-bond acceptors (Lipinski definition) is 3. The van der Waals surface area contributed by atoms with E-state index in [1.165, 1.54) is 48.4 Å². The maximum absolute atomic E-state index is 4.46. The minimum Gasteiger partial charge on any atom is -0.305 e. The zero-order valence-electron chi connectivity index (χ0n) is 10.3. The summed E-state index contributed by atoms with van der Waals surface area (Å²) in [7, 11) is 0. The minimum atomic E-state index is 0.418. The van der Waals surface area contributed by atoms with E-state index in [9.17, 15) is 0 Å². The third kappa shape index (κ3) is 3.29. The van der Waals surface area contributed by atoms with Crippen molar-refractivity contribution in [3.63, 3.8) is 0 Å². The van der Waals surface area contributed by atoms with E-state index in [-0.39, 0.29) is 0 Å². The molecule has 1 fully saturated rings. The van der Waals surface area contributed by atoms with E-state index in [2.05, 4.69) is 24.1 Å². The number of nitrogens with zero attached hydrogens (tertiary/aromatic N) is 1. The maximum atomic E-state index is 4.46. The zero-order valence-corrected chi connectivity index (χ0v) is 11.1. The van der Waals surface area contributed by atoms with E-state index in [0.717, 1.165) is 0 Å². The monoisotopic (exact) mass is 238 g/mol. The van der Waals surface area contributed by atoms with Crippen LogP contribution in [0.4, 0.5) is 0 Å². The van der Waals surface area contributed by atoms with Gasteiger partial charge in [0.2, 0.25) is 0 Å². The fourth-order valence-corrected chi connectivity index (χ4v) is 3.23. The lowest BCUT2D eigenvalue weighted by Gasteiger charge is -2.20. The lowest BCUT2D eigenvalue weighted by Crippen LogP contribution is -2.30. The Morgan fingerprint density at radius 2 is 2.00 bits per heavy atom. The zero-order chi connectivity index (χ0) is 11.4. The number of aromatic nitrogens is 1. The molecule has 16 heavy (non-hydrogen) atoms. The van der Waals surface area contributed by atoms with Gasteiger partial charge in [0.25, 0.3) is 0 Å². The third-order valence-corrected chi connectivity index (χ3v) is 4.45. The standard InChI is InChI=1S/C13H22N2S/c1-10-9-14-13(16-10)11(2)15-12-7-5-3-4-6-8-12/h9,11-12,15H,3-8H2,1-2H3. The van der Waals surface area contributed by atoms with Crippen LogP contribution in [0.5, 0.6) is 0 Å². The predicted molar refractivity (Wildman–Crippen MR) is 69.9 cm³/mol. The molecule has 1 atom stereocenters. The molecule has 3 heteroatoms. The summed E-state index contributed by atoms with van der Waals surface area (Å²) in [5.74, 6) is 0. The molecule has 0 amide bonds. The van der Waals surface area contributed by atoms with E-state index >= 15 is 0 Å². The number of nitrogens with one attached hydrogen (secondary N) is 1. The average molecular weight is 238 g/mol. The molecule has 1 N–H and O–H groups in total. The second-order valence-electron chi connectivity index (χ2n) is 4.89. The van der Waals surface area contributed by atoms with Gasteiger partial charge in [-0.3, -0.25) is 0 Å². The van der Waals surface area contributed by atoms with Crippen LogP contribution in [-0.2, 0) is 0 Å². The van der Waals surface area contributed by atoms with Crippen LogP contribution < -0.4 is 5.32 Å². The molecule has 1 aliphatic rings. The van der Waals surface area contributed by atoms with Crippen molar-refractivity contribution < 1.29 is 0 Å². The SMILES string of the molecule is Cc1cnc(C(C)NC2CCCCCC2)s1. The predicted octanol–water partition coefficient (Wildman–Crippen LogP) is 3.82. The highest BCUT2D eigenvalue weighted by Crippen LogP contribution is 2.23. The molecule has 0 aliphatic heterocycles. The van der Waals surface area contributed by atoms with Gasteiger partial charge in [-0.15, -0.1) is 11.3 Å². The largest absolute Gasteiger partial charge is 0.305 e. The highest BCUT2D eigenvalue weighted by Gasteiger charge is 2.16. The molecule has 2 nitrogen and oxygen atoms in total. The molecule has 0 bridgehead atoms. The van der Waals surface area contributed by atoms with Crippen molar-refractivity contribution >= 4 is 11.3 Å². The van der Waals surface area contributed by atoms with Crippen molar-refractivity contribution in [3.8, 4) is 0 Å². The highest BCUT2D eigenvalue weighted by molar-refractivity contribution is 7.11. The van der Waals surface area contributed by atoms with Gasteiger partial charge in [-0.1, -0.05) is 25.7 Å². The Hall–Kier alpha value is -0.410. The lowest BCUT2D eigenvalue weighted by molar-refractivity contribution is 0.413. The molecule has 1 saturated carbocycles. The molecule has 1 aromatic rings. The van der Waals surface area contributed by atoms with Gasteiger partial charge in [0.1, 0.15) is 5.01 Å². The van der Waals surface area contributed by atoms with Crippen LogP contribution in [0.25, 0.3) is 0 Å². The van der Waals surface area contributed by atoms with Crippen molar-refractivity contribution in [1.29, 1.82) is 0 Å². The molecule has 1 aliphatic carbocycles. The number of hydrogen-bond donors (Lipinski definition) is 1. The van der Waals surface area contributed by atoms with Crippen LogP contribution in [0.3, 0.4) is 0 Å². The summed E-state index contributed by atoms with van der Waals surface area (Å²) in [6, 6.07) is 1.13. The fourth-order valence-electron chi connectivity index (χ4n) is 2.44. The first-order valence-corrected chi connectivity index (χ1v) is 7.26. The van der Waals surface area contributed by atoms with Gasteiger partial charge in [0, 0.05) is 17.1 Å². The van der Waals surface area contributed by atoms with Crippen LogP contribution in [-0.4, -0.2) is 11.0 Å². The Balaban J connectivity index is 1.88. The number of thiazole rings is 1. The third-order valence-electron chi connectivity index (χ3n) is 3.35. The van der Waals surface area contributed by atoms with Crippen molar-refractivity contribution in [2.75, 3.05) is 0 Å². The summed E-state index contributed by atoms with van der Waals surface area (Å²) in [5, 5.41) is 4.97. The van der Waals surface area contributed by atoms with E-state index in [0.29, 0.717) is 12.1 Å². The summed E-state index contributed by atoms with van der Waals surface area (Å²) in [4.78, 5) is 5.77. The molecule has 2 rings (SSSR count). The quantitative estimate of drug-likeness (QED) is 0.810. The normalized spacial score (nSPS) is 20.6.